The summed E-state index contributed by atoms with van der Waals surface area (Å²) in [6, 6.07) is 43.1. The van der Waals surface area contributed by atoms with Crippen molar-refractivity contribution >= 4 is 53.7 Å². The van der Waals surface area contributed by atoms with Crippen LogP contribution in [0.4, 0.5) is 17.1 Å². The van der Waals surface area contributed by atoms with Gasteiger partial charge in [-0.2, -0.15) is 0 Å². The SMILES string of the molecule is COc1c(C=NCC2OCCO2)cc(C(C)(C)C)cc1C(C)(C)C.CSc1ccccc1N=Cc1cc(C(C)(C)C)cc(C(C)(C)C)c1O.Cc1cc(C)c(N=Cc2cc(C(C)(C)C)cc(C(C)(C)C)c2O)c(C)c1.Cc1cccc(C)c1Oc1ccccc1N=Cc1cc(C(C)(C)C)cc(C(C)(C)C)c1O. The summed E-state index contributed by atoms with van der Waals surface area (Å²) in [5, 5.41) is 32.8. The number of methoxy groups -OCH3 is 1. The van der Waals surface area contributed by atoms with Gasteiger partial charge in [-0.3, -0.25) is 20.0 Å². The van der Waals surface area contributed by atoms with E-state index in [2.05, 4.69) is 258 Å². The molecule has 0 atom stereocenters. The Kier molecular flexibility index (Phi) is 29.0. The lowest BCUT2D eigenvalue weighted by atomic mass is 9.79. The van der Waals surface area contributed by atoms with Gasteiger partial charge in [-0.1, -0.05) is 251 Å². The number of para-hydroxylation sites is 4. The molecule has 0 unspecified atom stereocenters. The highest BCUT2D eigenvalue weighted by Gasteiger charge is 2.30. The molecule has 1 saturated heterocycles. The summed E-state index contributed by atoms with van der Waals surface area (Å²) in [5.41, 5.74) is 20.1. The van der Waals surface area contributed by atoms with Crippen molar-refractivity contribution in [1.82, 2.24) is 0 Å². The summed E-state index contributed by atoms with van der Waals surface area (Å²) >= 11 is 1.67. The molecule has 9 rings (SSSR count). The Morgan fingerprint density at radius 3 is 1.16 bits per heavy atom. The molecule has 1 aliphatic heterocycles. The summed E-state index contributed by atoms with van der Waals surface area (Å²) in [7, 11) is 1.72. The third-order valence-electron chi connectivity index (χ3n) is 18.8. The highest BCUT2D eigenvalue weighted by Crippen LogP contribution is 2.44. The number of hydrogen-bond donors (Lipinski definition) is 3. The average Bonchev–Trinajstić information content (AvgIpc) is 0.873. The molecule has 107 heavy (non-hydrogen) atoms. The van der Waals surface area contributed by atoms with Crippen LogP contribution in [-0.2, 0) is 52.8 Å². The minimum absolute atomic E-state index is 0.00593. The van der Waals surface area contributed by atoms with Crippen LogP contribution in [0.1, 0.15) is 261 Å². The monoisotopic (exact) mass is 1470 g/mol. The Morgan fingerprint density at radius 1 is 0.402 bits per heavy atom. The van der Waals surface area contributed by atoms with Gasteiger partial charge in [-0.15, -0.1) is 11.8 Å². The molecule has 0 spiro atoms. The second-order valence-corrected chi connectivity index (χ2v) is 37.5. The van der Waals surface area contributed by atoms with Crippen molar-refractivity contribution in [1.29, 1.82) is 0 Å². The van der Waals surface area contributed by atoms with E-state index in [1.54, 1.807) is 31.3 Å². The summed E-state index contributed by atoms with van der Waals surface area (Å²) in [6.07, 6.45) is 9.05. The predicted molar refractivity (Wildman–Crippen MR) is 458 cm³/mol. The maximum absolute atomic E-state index is 11.0. The number of aryl methyl sites for hydroxylation is 5. The molecule has 0 aliphatic carbocycles. The summed E-state index contributed by atoms with van der Waals surface area (Å²) in [6.45, 7) is 64.2. The van der Waals surface area contributed by atoms with Crippen molar-refractivity contribution in [2.75, 3.05) is 33.1 Å². The van der Waals surface area contributed by atoms with E-state index in [0.29, 0.717) is 48.3 Å². The van der Waals surface area contributed by atoms with Gasteiger partial charge in [-0.25, -0.2) is 0 Å². The van der Waals surface area contributed by atoms with Crippen molar-refractivity contribution in [2.45, 2.75) is 255 Å². The van der Waals surface area contributed by atoms with Crippen LogP contribution in [0.25, 0.3) is 0 Å². The van der Waals surface area contributed by atoms with Crippen LogP contribution in [-0.4, -0.2) is 79.6 Å². The highest BCUT2D eigenvalue weighted by molar-refractivity contribution is 7.98. The van der Waals surface area contributed by atoms with Gasteiger partial charge in [0.15, 0.2) is 12.0 Å². The molecule has 0 amide bonds. The molecule has 8 aromatic carbocycles. The van der Waals surface area contributed by atoms with Crippen molar-refractivity contribution in [3.05, 3.63) is 222 Å². The van der Waals surface area contributed by atoms with Crippen LogP contribution < -0.4 is 9.47 Å². The Balaban J connectivity index is 0.000000225. The van der Waals surface area contributed by atoms with Crippen molar-refractivity contribution in [3.63, 3.8) is 0 Å². The third-order valence-corrected chi connectivity index (χ3v) is 19.6. The fourth-order valence-electron chi connectivity index (χ4n) is 12.2. The molecule has 3 N–H and O–H groups in total. The van der Waals surface area contributed by atoms with Crippen LogP contribution in [0, 0.1) is 34.6 Å². The molecule has 1 aliphatic rings. The van der Waals surface area contributed by atoms with E-state index in [1.165, 1.54) is 33.4 Å². The van der Waals surface area contributed by atoms with Crippen molar-refractivity contribution < 1.29 is 34.3 Å². The lowest BCUT2D eigenvalue weighted by Crippen LogP contribution is -2.19. The topological polar surface area (TPSA) is 147 Å². The molecule has 1 fully saturated rings. The van der Waals surface area contributed by atoms with Crippen LogP contribution in [0.15, 0.2) is 152 Å². The standard InChI is InChI=1S/C29H35NO2.C24H33NO.C22H29NOS.C20H31NO3/c1-19-12-11-13-20(2)27(19)32-25-15-10-9-14-24(25)30-18-21-16-22(28(3,4)5)17-23(26(21)31)29(6,7)8;1-15-10-16(2)21(17(3)11-15)25-14-18-12-19(23(4,5)6)13-20(22(18)26)24(7,8)9;1-21(2,3)16-12-15(20(24)17(13-16)22(4,5)6)14-23-18-10-8-9-11-19(18)25-7;1-19(2,3)15-10-14(12-21-13-17-23-8-9-24-17)18(22-7)16(11-15)20(4,5)6/h9-18,31H,1-8H3;10-14,26H,1-9H3;8-14,24H,1-7H3;10-12,17H,8-9,13H2,1-7H3. The fourth-order valence-corrected chi connectivity index (χ4v) is 12.8. The number of hydrogen-bond acceptors (Lipinski definition) is 12. The van der Waals surface area contributed by atoms with E-state index in [4.69, 9.17) is 28.9 Å². The van der Waals surface area contributed by atoms with E-state index in [-0.39, 0.29) is 55.4 Å². The molecular formula is C95H128N4O7S. The van der Waals surface area contributed by atoms with Crippen molar-refractivity contribution in [2.24, 2.45) is 20.0 Å². The number of aromatic hydroxyl groups is 3. The molecule has 1 heterocycles. The first-order valence-electron chi connectivity index (χ1n) is 37.6. The maximum atomic E-state index is 11.0. The Hall–Kier alpha value is -8.29. The minimum atomic E-state index is -0.222. The van der Waals surface area contributed by atoms with Crippen LogP contribution in [0.5, 0.6) is 34.5 Å². The summed E-state index contributed by atoms with van der Waals surface area (Å²) in [5.74, 6) is 3.36. The number of benzene rings is 8. The predicted octanol–water partition coefficient (Wildman–Crippen LogP) is 25.4. The molecule has 0 aromatic heterocycles. The number of rotatable bonds is 13. The van der Waals surface area contributed by atoms with E-state index >= 15 is 0 Å². The van der Waals surface area contributed by atoms with Gasteiger partial charge in [0.1, 0.15) is 34.4 Å². The Labute approximate surface area is 649 Å². The first-order valence-corrected chi connectivity index (χ1v) is 38.8. The molecule has 0 bridgehead atoms. The number of aliphatic imine (C=N–C) groups is 4. The minimum Gasteiger partial charge on any atom is -0.507 e. The van der Waals surface area contributed by atoms with Crippen LogP contribution in [0.2, 0.25) is 0 Å². The van der Waals surface area contributed by atoms with Gasteiger partial charge < -0.3 is 34.3 Å². The number of thioether (sulfide) groups is 1. The second-order valence-electron chi connectivity index (χ2n) is 36.7. The van der Waals surface area contributed by atoms with E-state index < -0.39 is 0 Å². The highest BCUT2D eigenvalue weighted by atomic mass is 32.2. The first-order chi connectivity index (χ1) is 49.3. The molecule has 12 heteroatoms. The smallest absolute Gasteiger partial charge is 0.177 e. The van der Waals surface area contributed by atoms with E-state index in [9.17, 15) is 15.3 Å². The Morgan fingerprint density at radius 2 is 0.766 bits per heavy atom. The van der Waals surface area contributed by atoms with Gasteiger partial charge in [0.25, 0.3) is 0 Å². The van der Waals surface area contributed by atoms with Crippen molar-refractivity contribution in [3.8, 4) is 34.5 Å². The molecular weight excluding hydrogens is 1340 g/mol. The molecule has 0 radical (unpaired) electrons. The quantitative estimate of drug-likeness (QED) is 0.0764. The van der Waals surface area contributed by atoms with Gasteiger partial charge >= 0.3 is 0 Å². The van der Waals surface area contributed by atoms with Gasteiger partial charge in [0, 0.05) is 74.3 Å². The number of ether oxygens (including phenoxy) is 4. The first kappa shape index (κ1) is 87.6. The molecule has 11 nitrogen and oxygen atoms in total. The average molecular weight is 1470 g/mol. The number of phenolic OH excluding ortho intramolecular Hbond substituents is 3. The molecule has 8 aromatic rings. The summed E-state index contributed by atoms with van der Waals surface area (Å²) in [4.78, 5) is 19.8. The normalized spacial score (nSPS) is 13.6. The second kappa shape index (κ2) is 35.4. The van der Waals surface area contributed by atoms with E-state index in [0.717, 1.165) is 83.4 Å². The Bertz CT molecular complexity index is 4450. The van der Waals surface area contributed by atoms with E-state index in [1.807, 2.05) is 99.3 Å². The lowest BCUT2D eigenvalue weighted by Gasteiger charge is -2.28. The molecule has 0 saturated carbocycles. The third kappa shape index (κ3) is 24.4. The molecule has 576 valence electrons. The largest absolute Gasteiger partial charge is 0.507 e. The van der Waals surface area contributed by atoms with Gasteiger partial charge in [0.05, 0.1) is 38.2 Å². The van der Waals surface area contributed by atoms with Crippen LogP contribution in [0.3, 0.4) is 0 Å². The zero-order chi connectivity index (χ0) is 80.3. The van der Waals surface area contributed by atoms with Gasteiger partial charge in [0.2, 0.25) is 0 Å². The number of nitrogens with zero attached hydrogens (tertiary/aromatic N) is 4. The van der Waals surface area contributed by atoms with Gasteiger partial charge in [-0.05, 0) is 177 Å². The summed E-state index contributed by atoms with van der Waals surface area (Å²) < 4.78 is 22.9. The zero-order valence-corrected chi connectivity index (χ0v) is 71.6. The number of phenols is 3. The maximum Gasteiger partial charge on any atom is 0.177 e. The zero-order valence-electron chi connectivity index (χ0n) is 70.8. The fraction of sp³-hybridized carbons (Fsp3) is 0.453. The van der Waals surface area contributed by atoms with Crippen LogP contribution >= 0.6 is 11.8 Å². The lowest BCUT2D eigenvalue weighted by molar-refractivity contribution is -0.0325.